The molecule has 1 aromatic rings. The molecular weight excluding hydrogens is 256 g/mol. The second-order valence-corrected chi connectivity index (χ2v) is 5.92. The highest BCUT2D eigenvalue weighted by Crippen LogP contribution is 2.28. The molecule has 108 valence electrons. The number of benzene rings is 1. The molecular formula is C16H20O4. The van der Waals surface area contributed by atoms with Gasteiger partial charge in [-0.2, -0.15) is 0 Å². The maximum absolute atomic E-state index is 12.2. The van der Waals surface area contributed by atoms with E-state index in [-0.39, 0.29) is 11.2 Å². The lowest BCUT2D eigenvalue weighted by atomic mass is 9.86. The molecule has 20 heavy (non-hydrogen) atoms. The Hall–Kier alpha value is -1.68. The zero-order chi connectivity index (χ0) is 14.9. The van der Waals surface area contributed by atoms with Gasteiger partial charge in [-0.3, -0.25) is 4.79 Å². The highest BCUT2D eigenvalue weighted by molar-refractivity contribution is 6.04. The van der Waals surface area contributed by atoms with Crippen molar-refractivity contribution in [2.24, 2.45) is 0 Å². The minimum atomic E-state index is -0.732. The molecule has 1 saturated heterocycles. The van der Waals surface area contributed by atoms with Crippen LogP contribution in [0.15, 0.2) is 24.3 Å². The number of esters is 1. The number of epoxide rings is 1. The van der Waals surface area contributed by atoms with E-state index in [9.17, 15) is 9.59 Å². The van der Waals surface area contributed by atoms with Gasteiger partial charge in [0.2, 0.25) is 0 Å². The van der Waals surface area contributed by atoms with E-state index in [2.05, 4.69) is 20.8 Å². The third-order valence-corrected chi connectivity index (χ3v) is 3.30. The molecule has 1 aromatic carbocycles. The normalized spacial score (nSPS) is 21.4. The zero-order valence-electron chi connectivity index (χ0n) is 12.3. The summed E-state index contributed by atoms with van der Waals surface area (Å²) in [5.41, 5.74) is 1.77. The molecule has 1 heterocycles. The van der Waals surface area contributed by atoms with Crippen molar-refractivity contribution >= 4 is 11.8 Å². The van der Waals surface area contributed by atoms with Crippen LogP contribution in [0.25, 0.3) is 0 Å². The first-order valence-corrected chi connectivity index (χ1v) is 6.81. The van der Waals surface area contributed by atoms with E-state index in [1.807, 2.05) is 12.1 Å². The third-order valence-electron chi connectivity index (χ3n) is 3.30. The Balaban J connectivity index is 2.03. The lowest BCUT2D eigenvalue weighted by molar-refractivity contribution is -0.144. The van der Waals surface area contributed by atoms with Gasteiger partial charge in [-0.25, -0.2) is 4.79 Å². The molecule has 0 bridgehead atoms. The fraction of sp³-hybridized carbons (Fsp3) is 0.500. The van der Waals surface area contributed by atoms with E-state index in [0.29, 0.717) is 12.2 Å². The minimum absolute atomic E-state index is 0.0468. The highest BCUT2D eigenvalue weighted by Gasteiger charge is 2.51. The van der Waals surface area contributed by atoms with Gasteiger partial charge in [-0.1, -0.05) is 45.0 Å². The van der Waals surface area contributed by atoms with E-state index >= 15 is 0 Å². The lowest BCUT2D eigenvalue weighted by Crippen LogP contribution is -2.19. The van der Waals surface area contributed by atoms with Crippen molar-refractivity contribution in [2.45, 2.75) is 45.3 Å². The summed E-state index contributed by atoms with van der Waals surface area (Å²) in [7, 11) is 0. The Labute approximate surface area is 119 Å². The Morgan fingerprint density at radius 2 is 1.75 bits per heavy atom. The van der Waals surface area contributed by atoms with E-state index in [1.54, 1.807) is 19.1 Å². The summed E-state index contributed by atoms with van der Waals surface area (Å²) < 4.78 is 9.95. The van der Waals surface area contributed by atoms with Crippen molar-refractivity contribution < 1.29 is 19.1 Å². The fourth-order valence-corrected chi connectivity index (χ4v) is 2.01. The van der Waals surface area contributed by atoms with Gasteiger partial charge in [0.05, 0.1) is 6.61 Å². The molecule has 2 rings (SSSR count). The molecule has 1 fully saturated rings. The van der Waals surface area contributed by atoms with Crippen molar-refractivity contribution in [3.05, 3.63) is 35.4 Å². The Bertz CT molecular complexity index is 510. The molecule has 1 unspecified atom stereocenters. The van der Waals surface area contributed by atoms with Gasteiger partial charge in [0.15, 0.2) is 18.0 Å². The minimum Gasteiger partial charge on any atom is -0.464 e. The van der Waals surface area contributed by atoms with E-state index in [1.165, 1.54) is 0 Å². The number of hydrogen-bond donors (Lipinski definition) is 0. The summed E-state index contributed by atoms with van der Waals surface area (Å²) in [4.78, 5) is 23.6. The first-order chi connectivity index (χ1) is 9.34. The number of rotatable bonds is 4. The summed E-state index contributed by atoms with van der Waals surface area (Å²) >= 11 is 0. The molecule has 1 aliphatic rings. The number of carbonyl (C=O) groups is 2. The summed E-state index contributed by atoms with van der Waals surface area (Å²) in [6.07, 6.45) is -1.42. The number of Topliss-reactive ketones (excluding diaryl/α,β-unsaturated/α-hetero) is 1. The van der Waals surface area contributed by atoms with Crippen LogP contribution in [0, 0.1) is 0 Å². The smallest absolute Gasteiger partial charge is 0.338 e. The molecule has 2 atom stereocenters. The zero-order valence-corrected chi connectivity index (χ0v) is 12.3. The maximum atomic E-state index is 12.2. The van der Waals surface area contributed by atoms with Crippen LogP contribution in [0.5, 0.6) is 0 Å². The predicted molar refractivity (Wildman–Crippen MR) is 74.8 cm³/mol. The van der Waals surface area contributed by atoms with Gasteiger partial charge >= 0.3 is 5.97 Å². The maximum Gasteiger partial charge on any atom is 0.338 e. The lowest BCUT2D eigenvalue weighted by Gasteiger charge is -2.18. The number of ether oxygens (including phenoxy) is 2. The second kappa shape index (κ2) is 5.37. The summed E-state index contributed by atoms with van der Waals surface area (Å²) in [5, 5.41) is 0. The van der Waals surface area contributed by atoms with E-state index < -0.39 is 18.2 Å². The van der Waals surface area contributed by atoms with Crippen LogP contribution in [0.1, 0.15) is 43.6 Å². The predicted octanol–water partition coefficient (Wildman–Crippen LogP) is 2.50. The number of hydrogen-bond acceptors (Lipinski definition) is 4. The van der Waals surface area contributed by atoms with Crippen molar-refractivity contribution in [1.29, 1.82) is 0 Å². The van der Waals surface area contributed by atoms with Crippen LogP contribution in [0.2, 0.25) is 0 Å². The van der Waals surface area contributed by atoms with E-state index in [4.69, 9.17) is 9.47 Å². The van der Waals surface area contributed by atoms with Crippen LogP contribution in [0.3, 0.4) is 0 Å². The van der Waals surface area contributed by atoms with Gasteiger partial charge in [0.1, 0.15) is 0 Å². The van der Waals surface area contributed by atoms with Crippen LogP contribution in [0.4, 0.5) is 0 Å². The first kappa shape index (κ1) is 14.7. The second-order valence-electron chi connectivity index (χ2n) is 5.92. The fourth-order valence-electron chi connectivity index (χ4n) is 2.01. The average Bonchev–Trinajstić information content (AvgIpc) is 3.17. The Morgan fingerprint density at radius 1 is 1.15 bits per heavy atom. The van der Waals surface area contributed by atoms with Crippen LogP contribution >= 0.6 is 0 Å². The Morgan fingerprint density at radius 3 is 2.25 bits per heavy atom. The molecule has 0 N–H and O–H groups in total. The standard InChI is InChI=1S/C16H20O4/c1-5-19-15(18)14-13(20-14)12(17)10-6-8-11(9-7-10)16(2,3)4/h6-9,13-14H,5H2,1-4H3/t13?,14-/m1/s1. The largest absolute Gasteiger partial charge is 0.464 e. The molecule has 0 aromatic heterocycles. The quantitative estimate of drug-likeness (QED) is 0.481. The van der Waals surface area contributed by atoms with Crippen molar-refractivity contribution in [3.63, 3.8) is 0 Å². The molecule has 1 aliphatic heterocycles. The molecule has 0 aliphatic carbocycles. The number of ketones is 1. The molecule has 0 spiro atoms. The monoisotopic (exact) mass is 276 g/mol. The average molecular weight is 276 g/mol. The summed E-state index contributed by atoms with van der Waals surface area (Å²) in [6, 6.07) is 7.45. The molecule has 0 saturated carbocycles. The Kier molecular flexibility index (Phi) is 3.95. The van der Waals surface area contributed by atoms with Gasteiger partial charge in [-0.05, 0) is 17.9 Å². The van der Waals surface area contributed by atoms with E-state index in [0.717, 1.165) is 5.56 Å². The summed E-state index contributed by atoms with van der Waals surface area (Å²) in [6.45, 7) is 8.36. The summed E-state index contributed by atoms with van der Waals surface area (Å²) in [5.74, 6) is -0.624. The van der Waals surface area contributed by atoms with Gasteiger partial charge in [-0.15, -0.1) is 0 Å². The highest BCUT2D eigenvalue weighted by atomic mass is 16.6. The SMILES string of the molecule is CCOC(=O)[C@@H]1OC1C(=O)c1ccc(C(C)(C)C)cc1. The molecule has 0 radical (unpaired) electrons. The van der Waals surface area contributed by atoms with Crippen LogP contribution in [-0.2, 0) is 19.7 Å². The molecule has 4 heteroatoms. The van der Waals surface area contributed by atoms with Crippen molar-refractivity contribution in [1.82, 2.24) is 0 Å². The van der Waals surface area contributed by atoms with Gasteiger partial charge in [0.25, 0.3) is 0 Å². The third kappa shape index (κ3) is 3.07. The number of carbonyl (C=O) groups excluding carboxylic acids is 2. The molecule has 4 nitrogen and oxygen atoms in total. The topological polar surface area (TPSA) is 55.9 Å². The van der Waals surface area contributed by atoms with Gasteiger partial charge in [0, 0.05) is 5.56 Å². The first-order valence-electron chi connectivity index (χ1n) is 6.81. The van der Waals surface area contributed by atoms with Crippen molar-refractivity contribution in [2.75, 3.05) is 6.61 Å². The molecule has 0 amide bonds. The van der Waals surface area contributed by atoms with Crippen molar-refractivity contribution in [3.8, 4) is 0 Å². The van der Waals surface area contributed by atoms with Crippen LogP contribution < -0.4 is 0 Å². The van der Waals surface area contributed by atoms with Crippen LogP contribution in [-0.4, -0.2) is 30.6 Å². The van der Waals surface area contributed by atoms with Gasteiger partial charge < -0.3 is 9.47 Å².